The number of carbonyl (C=O) groups is 1. The lowest BCUT2D eigenvalue weighted by Crippen LogP contribution is -2.14. The van der Waals surface area contributed by atoms with Crippen molar-refractivity contribution in [3.05, 3.63) is 11.6 Å². The number of hydrogen-bond donors (Lipinski definition) is 1. The maximum Gasteiger partial charge on any atom is 0.330 e. The largest absolute Gasteiger partial charge is 0.478 e. The first-order valence-electron chi connectivity index (χ1n) is 5.46. The minimum Gasteiger partial charge on any atom is -0.478 e. The van der Waals surface area contributed by atoms with Crippen LogP contribution in [-0.4, -0.2) is 11.1 Å². The summed E-state index contributed by atoms with van der Waals surface area (Å²) in [6.07, 6.45) is 9.31. The molecule has 14 heavy (non-hydrogen) atoms. The fourth-order valence-electron chi connectivity index (χ4n) is 2.26. The summed E-state index contributed by atoms with van der Waals surface area (Å²) >= 11 is 0. The number of aliphatic carboxylic acids is 1. The third-order valence-electron chi connectivity index (χ3n) is 3.15. The van der Waals surface area contributed by atoms with E-state index in [1.165, 1.54) is 25.7 Å². The summed E-state index contributed by atoms with van der Waals surface area (Å²) in [5.74, 6) is -0.782. The quantitative estimate of drug-likeness (QED) is 0.543. The Balaban J connectivity index is 2.71. The van der Waals surface area contributed by atoms with Crippen molar-refractivity contribution in [1.82, 2.24) is 0 Å². The zero-order chi connectivity index (χ0) is 10.6. The Bertz CT molecular complexity index is 233. The van der Waals surface area contributed by atoms with Crippen LogP contribution in [0.3, 0.4) is 0 Å². The standard InChI is InChI=1S/C12H20O2/c1-10(11(13)14)9-12(2)7-5-3-4-6-8-12/h9H,3-8H2,1-2H3,(H,13,14). The van der Waals surface area contributed by atoms with Crippen molar-refractivity contribution in [3.63, 3.8) is 0 Å². The second-order valence-corrected chi connectivity index (χ2v) is 4.70. The molecule has 1 rings (SSSR count). The molecule has 0 aromatic heterocycles. The highest BCUT2D eigenvalue weighted by molar-refractivity contribution is 5.85. The highest BCUT2D eigenvalue weighted by atomic mass is 16.4. The van der Waals surface area contributed by atoms with Gasteiger partial charge in [-0.15, -0.1) is 0 Å². The highest BCUT2D eigenvalue weighted by Crippen LogP contribution is 2.36. The van der Waals surface area contributed by atoms with Crippen LogP contribution < -0.4 is 0 Å². The van der Waals surface area contributed by atoms with Gasteiger partial charge >= 0.3 is 5.97 Å². The lowest BCUT2D eigenvalue weighted by molar-refractivity contribution is -0.132. The van der Waals surface area contributed by atoms with Gasteiger partial charge in [0.25, 0.3) is 0 Å². The van der Waals surface area contributed by atoms with Gasteiger partial charge in [-0.3, -0.25) is 0 Å². The molecule has 0 saturated heterocycles. The van der Waals surface area contributed by atoms with Gasteiger partial charge in [0.1, 0.15) is 0 Å². The van der Waals surface area contributed by atoms with Gasteiger partial charge in [-0.05, 0) is 25.2 Å². The number of carboxylic acids is 1. The molecule has 0 bridgehead atoms. The molecule has 0 aromatic rings. The van der Waals surface area contributed by atoms with Crippen LogP contribution >= 0.6 is 0 Å². The molecule has 1 aliphatic rings. The SMILES string of the molecule is CC(=CC1(C)CCCCCC1)C(=O)O. The first-order valence-corrected chi connectivity index (χ1v) is 5.46. The topological polar surface area (TPSA) is 37.3 Å². The smallest absolute Gasteiger partial charge is 0.330 e. The maximum atomic E-state index is 10.7. The van der Waals surface area contributed by atoms with Crippen LogP contribution in [-0.2, 0) is 4.79 Å². The van der Waals surface area contributed by atoms with Crippen molar-refractivity contribution >= 4 is 5.97 Å². The van der Waals surface area contributed by atoms with E-state index in [0.717, 1.165) is 12.8 Å². The normalized spacial score (nSPS) is 22.9. The van der Waals surface area contributed by atoms with Gasteiger partial charge in [-0.2, -0.15) is 0 Å². The molecule has 0 heterocycles. The third-order valence-corrected chi connectivity index (χ3v) is 3.15. The van der Waals surface area contributed by atoms with E-state index in [0.29, 0.717) is 5.57 Å². The Morgan fingerprint density at radius 2 is 1.71 bits per heavy atom. The highest BCUT2D eigenvalue weighted by Gasteiger charge is 2.23. The zero-order valence-electron chi connectivity index (χ0n) is 9.18. The van der Waals surface area contributed by atoms with Crippen LogP contribution in [0.15, 0.2) is 11.6 Å². The average Bonchev–Trinajstić information content (AvgIpc) is 2.30. The molecule has 1 aliphatic carbocycles. The summed E-state index contributed by atoms with van der Waals surface area (Å²) in [6.45, 7) is 3.88. The summed E-state index contributed by atoms with van der Waals surface area (Å²) in [5.41, 5.74) is 0.619. The van der Waals surface area contributed by atoms with Gasteiger partial charge in [0.05, 0.1) is 0 Å². The van der Waals surface area contributed by atoms with Gasteiger partial charge in [0.2, 0.25) is 0 Å². The van der Waals surface area contributed by atoms with Crippen LogP contribution in [0, 0.1) is 5.41 Å². The Labute approximate surface area is 86.0 Å². The zero-order valence-corrected chi connectivity index (χ0v) is 9.18. The van der Waals surface area contributed by atoms with Crippen LogP contribution in [0.25, 0.3) is 0 Å². The predicted octanol–water partition coefficient (Wildman–Crippen LogP) is 3.38. The van der Waals surface area contributed by atoms with E-state index in [1.54, 1.807) is 6.92 Å². The van der Waals surface area contributed by atoms with Crippen molar-refractivity contribution in [2.24, 2.45) is 5.41 Å². The van der Waals surface area contributed by atoms with Crippen LogP contribution in [0.4, 0.5) is 0 Å². The molecular formula is C12H20O2. The second kappa shape index (κ2) is 4.63. The van der Waals surface area contributed by atoms with Crippen LogP contribution in [0.2, 0.25) is 0 Å². The molecule has 0 aliphatic heterocycles. The Morgan fingerprint density at radius 3 is 2.14 bits per heavy atom. The maximum absolute atomic E-state index is 10.7. The van der Waals surface area contributed by atoms with Crippen LogP contribution in [0.1, 0.15) is 52.4 Å². The molecule has 0 radical (unpaired) electrons. The molecule has 1 saturated carbocycles. The number of allylic oxidation sites excluding steroid dienone is 1. The van der Waals surface area contributed by atoms with E-state index in [2.05, 4.69) is 6.92 Å². The molecular weight excluding hydrogens is 176 g/mol. The number of hydrogen-bond acceptors (Lipinski definition) is 1. The van der Waals surface area contributed by atoms with E-state index in [-0.39, 0.29) is 5.41 Å². The summed E-state index contributed by atoms with van der Waals surface area (Å²) in [4.78, 5) is 10.7. The summed E-state index contributed by atoms with van der Waals surface area (Å²) in [6, 6.07) is 0. The van der Waals surface area contributed by atoms with Gasteiger partial charge < -0.3 is 5.11 Å². The summed E-state index contributed by atoms with van der Waals surface area (Å²) in [5, 5.41) is 8.83. The van der Waals surface area contributed by atoms with E-state index < -0.39 is 5.97 Å². The van der Waals surface area contributed by atoms with Crippen molar-refractivity contribution in [3.8, 4) is 0 Å². The lowest BCUT2D eigenvalue weighted by Gasteiger charge is -2.24. The Hall–Kier alpha value is -0.790. The summed E-state index contributed by atoms with van der Waals surface area (Å²) in [7, 11) is 0. The minimum atomic E-state index is -0.782. The van der Waals surface area contributed by atoms with E-state index >= 15 is 0 Å². The molecule has 80 valence electrons. The molecule has 1 fully saturated rings. The first kappa shape index (κ1) is 11.3. The van der Waals surface area contributed by atoms with Crippen molar-refractivity contribution < 1.29 is 9.90 Å². The fourth-order valence-corrected chi connectivity index (χ4v) is 2.26. The van der Waals surface area contributed by atoms with Gasteiger partial charge in [-0.1, -0.05) is 38.7 Å². The second-order valence-electron chi connectivity index (χ2n) is 4.70. The average molecular weight is 196 g/mol. The van der Waals surface area contributed by atoms with Gasteiger partial charge in [0, 0.05) is 5.57 Å². The summed E-state index contributed by atoms with van der Waals surface area (Å²) < 4.78 is 0. The molecule has 0 atom stereocenters. The predicted molar refractivity (Wildman–Crippen MR) is 57.2 cm³/mol. The molecule has 0 unspecified atom stereocenters. The Morgan fingerprint density at radius 1 is 1.21 bits per heavy atom. The molecule has 0 amide bonds. The lowest BCUT2D eigenvalue weighted by atomic mass is 9.81. The molecule has 0 spiro atoms. The number of rotatable bonds is 2. The fraction of sp³-hybridized carbons (Fsp3) is 0.750. The Kier molecular flexibility index (Phi) is 3.73. The van der Waals surface area contributed by atoms with Gasteiger partial charge in [0.15, 0.2) is 0 Å². The van der Waals surface area contributed by atoms with Crippen molar-refractivity contribution in [1.29, 1.82) is 0 Å². The molecule has 0 aromatic carbocycles. The van der Waals surface area contributed by atoms with Crippen molar-refractivity contribution in [2.75, 3.05) is 0 Å². The van der Waals surface area contributed by atoms with Crippen LogP contribution in [0.5, 0.6) is 0 Å². The minimum absolute atomic E-state index is 0.124. The van der Waals surface area contributed by atoms with Crippen molar-refractivity contribution in [2.45, 2.75) is 52.4 Å². The van der Waals surface area contributed by atoms with E-state index in [9.17, 15) is 4.79 Å². The van der Waals surface area contributed by atoms with Gasteiger partial charge in [-0.25, -0.2) is 4.79 Å². The van der Waals surface area contributed by atoms with E-state index in [1.807, 2.05) is 6.08 Å². The molecule has 2 heteroatoms. The van der Waals surface area contributed by atoms with E-state index in [4.69, 9.17) is 5.11 Å². The first-order chi connectivity index (χ1) is 6.53. The third kappa shape index (κ3) is 3.17. The molecule has 2 nitrogen and oxygen atoms in total. The number of carboxylic acid groups (broad SMARTS) is 1. The monoisotopic (exact) mass is 196 g/mol. The molecule has 1 N–H and O–H groups in total.